The summed E-state index contributed by atoms with van der Waals surface area (Å²) < 4.78 is 27.2. The summed E-state index contributed by atoms with van der Waals surface area (Å²) in [4.78, 5) is 0. The minimum atomic E-state index is -0.190. The lowest BCUT2D eigenvalue weighted by molar-refractivity contribution is 0.609. The third-order valence-electron chi connectivity index (χ3n) is 4.54. The molecule has 0 aromatic heterocycles. The molecule has 0 spiro atoms. The van der Waals surface area contributed by atoms with Crippen LogP contribution in [0.5, 0.6) is 0 Å². The van der Waals surface area contributed by atoms with Gasteiger partial charge in [-0.1, -0.05) is 12.1 Å². The number of halogens is 2. The van der Waals surface area contributed by atoms with Crippen LogP contribution in [0.2, 0.25) is 0 Å². The Morgan fingerprint density at radius 1 is 0.955 bits per heavy atom. The summed E-state index contributed by atoms with van der Waals surface area (Å²) in [5.41, 5.74) is 4.52. The van der Waals surface area contributed by atoms with Gasteiger partial charge in [0.15, 0.2) is 0 Å². The van der Waals surface area contributed by atoms with Gasteiger partial charge < -0.3 is 5.32 Å². The third-order valence-corrected chi connectivity index (χ3v) is 4.54. The number of aryl methyl sites for hydroxylation is 2. The number of hydrogen-bond donors (Lipinski definition) is 1. The molecule has 1 N–H and O–H groups in total. The number of rotatable bonds is 4. The average molecular weight is 301 g/mol. The second kappa shape index (κ2) is 6.57. The van der Waals surface area contributed by atoms with Gasteiger partial charge in [0.05, 0.1) is 0 Å². The maximum Gasteiger partial charge on any atom is 0.123 e. The van der Waals surface area contributed by atoms with E-state index in [1.165, 1.54) is 11.1 Å². The van der Waals surface area contributed by atoms with Gasteiger partial charge in [0.25, 0.3) is 0 Å². The van der Waals surface area contributed by atoms with Crippen LogP contribution in [0.15, 0.2) is 36.4 Å². The lowest BCUT2D eigenvalue weighted by Gasteiger charge is -2.20. The highest BCUT2D eigenvalue weighted by atomic mass is 19.1. The van der Waals surface area contributed by atoms with E-state index in [4.69, 9.17) is 0 Å². The predicted molar refractivity (Wildman–Crippen MR) is 85.2 cm³/mol. The lowest BCUT2D eigenvalue weighted by atomic mass is 9.84. The molecule has 0 radical (unpaired) electrons. The standard InChI is InChI=1S/C19H21F2N/c1-22-10-2-3-19-17-8-6-15(20)11-13(17)4-5-14-12-16(21)7-9-18(14)19/h6-9,11-12,19,22H,2-5,10H2,1H3. The van der Waals surface area contributed by atoms with E-state index in [1.54, 1.807) is 24.3 Å². The Hall–Kier alpha value is -1.74. The second-order valence-corrected chi connectivity index (χ2v) is 5.98. The molecule has 1 nitrogen and oxygen atoms in total. The van der Waals surface area contributed by atoms with Crippen LogP contribution in [0.4, 0.5) is 8.78 Å². The first-order valence-corrected chi connectivity index (χ1v) is 7.90. The topological polar surface area (TPSA) is 12.0 Å². The van der Waals surface area contributed by atoms with Crippen molar-refractivity contribution in [3.8, 4) is 0 Å². The maximum absolute atomic E-state index is 13.6. The third kappa shape index (κ3) is 3.05. The molecule has 0 fully saturated rings. The van der Waals surface area contributed by atoms with Crippen LogP contribution in [0.3, 0.4) is 0 Å². The molecule has 116 valence electrons. The van der Waals surface area contributed by atoms with Crippen molar-refractivity contribution in [3.63, 3.8) is 0 Å². The van der Waals surface area contributed by atoms with Crippen LogP contribution >= 0.6 is 0 Å². The van der Waals surface area contributed by atoms with Crippen molar-refractivity contribution in [3.05, 3.63) is 70.3 Å². The van der Waals surface area contributed by atoms with E-state index in [-0.39, 0.29) is 17.6 Å². The zero-order valence-corrected chi connectivity index (χ0v) is 12.8. The number of benzene rings is 2. The van der Waals surface area contributed by atoms with Crippen LogP contribution in [0.1, 0.15) is 41.0 Å². The Labute approximate surface area is 130 Å². The largest absolute Gasteiger partial charge is 0.320 e. The summed E-state index contributed by atoms with van der Waals surface area (Å²) >= 11 is 0. The molecule has 0 atom stereocenters. The zero-order valence-electron chi connectivity index (χ0n) is 12.8. The average Bonchev–Trinajstić information content (AvgIpc) is 2.64. The second-order valence-electron chi connectivity index (χ2n) is 5.98. The molecule has 0 saturated heterocycles. The fraction of sp³-hybridized carbons (Fsp3) is 0.368. The Morgan fingerprint density at radius 2 is 1.50 bits per heavy atom. The first-order valence-electron chi connectivity index (χ1n) is 7.90. The predicted octanol–water partition coefficient (Wildman–Crippen LogP) is 4.19. The van der Waals surface area contributed by atoms with E-state index in [0.717, 1.165) is 43.4 Å². The molecular weight excluding hydrogens is 280 g/mol. The van der Waals surface area contributed by atoms with Crippen LogP contribution in [-0.2, 0) is 12.8 Å². The molecule has 0 saturated carbocycles. The first-order chi connectivity index (χ1) is 10.7. The summed E-state index contributed by atoms with van der Waals surface area (Å²) in [6.45, 7) is 0.948. The maximum atomic E-state index is 13.6. The molecular formula is C19H21F2N. The Balaban J connectivity index is 2.04. The van der Waals surface area contributed by atoms with Gasteiger partial charge in [0.1, 0.15) is 11.6 Å². The summed E-state index contributed by atoms with van der Waals surface area (Å²) in [5.74, 6) is -0.156. The van der Waals surface area contributed by atoms with Gasteiger partial charge in [-0.05, 0) is 85.8 Å². The van der Waals surface area contributed by atoms with Crippen molar-refractivity contribution in [1.29, 1.82) is 0 Å². The fourth-order valence-corrected chi connectivity index (χ4v) is 3.49. The number of nitrogens with one attached hydrogen (secondary N) is 1. The molecule has 22 heavy (non-hydrogen) atoms. The van der Waals surface area contributed by atoms with Crippen molar-refractivity contribution in [1.82, 2.24) is 5.32 Å². The summed E-state index contributed by atoms with van der Waals surface area (Å²) in [6.07, 6.45) is 3.56. The number of fused-ring (bicyclic) bond motifs is 2. The highest BCUT2D eigenvalue weighted by Gasteiger charge is 2.24. The Bertz CT molecular complexity index is 613. The van der Waals surface area contributed by atoms with Gasteiger partial charge in [0, 0.05) is 5.92 Å². The molecule has 2 aromatic rings. The molecule has 2 aromatic carbocycles. The van der Waals surface area contributed by atoms with E-state index >= 15 is 0 Å². The quantitative estimate of drug-likeness (QED) is 0.835. The van der Waals surface area contributed by atoms with E-state index in [1.807, 2.05) is 19.2 Å². The molecule has 1 aliphatic rings. The molecule has 3 heteroatoms. The highest BCUT2D eigenvalue weighted by Crippen LogP contribution is 2.37. The van der Waals surface area contributed by atoms with Crippen molar-refractivity contribution < 1.29 is 8.78 Å². The van der Waals surface area contributed by atoms with Crippen molar-refractivity contribution >= 4 is 0 Å². The number of hydrogen-bond acceptors (Lipinski definition) is 1. The fourth-order valence-electron chi connectivity index (χ4n) is 3.49. The van der Waals surface area contributed by atoms with Gasteiger partial charge in [-0.3, -0.25) is 0 Å². The Kier molecular flexibility index (Phi) is 4.53. The van der Waals surface area contributed by atoms with E-state index < -0.39 is 0 Å². The van der Waals surface area contributed by atoms with E-state index in [0.29, 0.717) is 0 Å². The van der Waals surface area contributed by atoms with Gasteiger partial charge >= 0.3 is 0 Å². The smallest absolute Gasteiger partial charge is 0.123 e. The summed E-state index contributed by atoms with van der Waals surface area (Å²) in [7, 11) is 1.94. The van der Waals surface area contributed by atoms with Crippen LogP contribution in [0.25, 0.3) is 0 Å². The van der Waals surface area contributed by atoms with Crippen molar-refractivity contribution in [2.45, 2.75) is 31.6 Å². The minimum absolute atomic E-state index is 0.190. The van der Waals surface area contributed by atoms with Crippen molar-refractivity contribution in [2.24, 2.45) is 0 Å². The normalized spacial score (nSPS) is 14.3. The Morgan fingerprint density at radius 3 is 2.00 bits per heavy atom. The molecule has 0 heterocycles. The molecule has 0 amide bonds. The minimum Gasteiger partial charge on any atom is -0.320 e. The van der Waals surface area contributed by atoms with Crippen LogP contribution in [-0.4, -0.2) is 13.6 Å². The van der Waals surface area contributed by atoms with E-state index in [9.17, 15) is 8.78 Å². The summed E-state index contributed by atoms with van der Waals surface area (Å²) in [6, 6.07) is 10.2. The van der Waals surface area contributed by atoms with Gasteiger partial charge in [-0.25, -0.2) is 8.78 Å². The van der Waals surface area contributed by atoms with Crippen molar-refractivity contribution in [2.75, 3.05) is 13.6 Å². The van der Waals surface area contributed by atoms with Gasteiger partial charge in [0.2, 0.25) is 0 Å². The summed E-state index contributed by atoms with van der Waals surface area (Å²) in [5, 5.41) is 3.17. The monoisotopic (exact) mass is 301 g/mol. The molecule has 0 bridgehead atoms. The van der Waals surface area contributed by atoms with E-state index in [2.05, 4.69) is 5.32 Å². The zero-order chi connectivity index (χ0) is 15.5. The molecule has 1 aliphatic carbocycles. The molecule has 3 rings (SSSR count). The van der Waals surface area contributed by atoms with Crippen LogP contribution in [0, 0.1) is 11.6 Å². The van der Waals surface area contributed by atoms with Gasteiger partial charge in [-0.2, -0.15) is 0 Å². The highest BCUT2D eigenvalue weighted by molar-refractivity contribution is 5.45. The SMILES string of the molecule is CNCCCC1c2ccc(F)cc2CCc2cc(F)ccc21. The lowest BCUT2D eigenvalue weighted by Crippen LogP contribution is -2.11. The molecule has 0 unspecified atom stereocenters. The molecule has 0 aliphatic heterocycles. The van der Waals surface area contributed by atoms with Gasteiger partial charge in [-0.15, -0.1) is 0 Å². The van der Waals surface area contributed by atoms with Crippen LogP contribution < -0.4 is 5.32 Å². The first kappa shape index (κ1) is 15.2.